The number of alkyl halides is 1. The first-order valence-electron chi connectivity index (χ1n) is 13.9. The van der Waals surface area contributed by atoms with Crippen molar-refractivity contribution in [2.45, 2.75) is 77.4 Å². The normalized spacial score (nSPS) is 12.4. The van der Waals surface area contributed by atoms with E-state index in [1.54, 1.807) is 47.7 Å². The van der Waals surface area contributed by atoms with E-state index in [-0.39, 0.29) is 17.7 Å². The molecule has 2 amide bonds. The number of nitrogens with zero attached hydrogens (tertiary/aromatic N) is 3. The van der Waals surface area contributed by atoms with Gasteiger partial charge < -0.3 is 9.47 Å². The Morgan fingerprint density at radius 3 is 1.63 bits per heavy atom. The predicted molar refractivity (Wildman–Crippen MR) is 196 cm³/mol. The maximum atomic E-state index is 12.6. The van der Waals surface area contributed by atoms with Crippen LogP contribution in [0.1, 0.15) is 71.6 Å². The Balaban J connectivity index is 0.000000474. The fourth-order valence-electron chi connectivity index (χ4n) is 4.24. The molecule has 0 aliphatic heterocycles. The van der Waals surface area contributed by atoms with Crippen LogP contribution >= 0.6 is 11.6 Å². The number of imide groups is 1. The second-order valence-electron chi connectivity index (χ2n) is 12.5. The largest absolute Gasteiger partial charge is 0.443 e. The third-order valence-electron chi connectivity index (χ3n) is 6.23. The molecule has 0 bridgehead atoms. The van der Waals surface area contributed by atoms with E-state index in [4.69, 9.17) is 90.7 Å². The number of ether oxygens (including phenoxy) is 2. The molecule has 195 valence electrons. The first-order chi connectivity index (χ1) is 19.6. The number of anilines is 1. The van der Waals surface area contributed by atoms with Gasteiger partial charge in [-0.15, -0.1) is 16.5 Å². The number of rotatable bonds is 10. The molecule has 0 unspecified atom stereocenters. The molecule has 1 heterocycles. The molecule has 0 aromatic carbocycles. The smallest absolute Gasteiger partial charge is 0.427 e. The second kappa shape index (κ2) is 17.2. The van der Waals surface area contributed by atoms with E-state index in [1.165, 1.54) is 7.06 Å². The molecule has 43 heavy (non-hydrogen) atoms. The third-order valence-corrected chi connectivity index (χ3v) is 6.52. The maximum absolute atomic E-state index is 12.6. The zero-order valence-corrected chi connectivity index (χ0v) is 26.7. The van der Waals surface area contributed by atoms with Crippen molar-refractivity contribution < 1.29 is 19.1 Å². The van der Waals surface area contributed by atoms with Crippen molar-refractivity contribution in [2.24, 2.45) is 0 Å². The molecule has 1 aromatic heterocycles. The minimum Gasteiger partial charge on any atom is -0.443 e. The molecular weight excluding hydrogens is 541 g/mol. The number of hydrogen-bond donors (Lipinski definition) is 0. The van der Waals surface area contributed by atoms with Gasteiger partial charge in [0.1, 0.15) is 11.2 Å². The summed E-state index contributed by atoms with van der Waals surface area (Å²) in [7, 11) is 52.0. The van der Waals surface area contributed by atoms with Crippen molar-refractivity contribution in [1.29, 1.82) is 0 Å². The Morgan fingerprint density at radius 1 is 0.884 bits per heavy atom. The van der Waals surface area contributed by atoms with Crippen LogP contribution in [0.25, 0.3) is 0 Å². The Labute approximate surface area is 278 Å². The van der Waals surface area contributed by atoms with Gasteiger partial charge in [-0.25, -0.2) is 19.6 Å². The molecule has 7 nitrogen and oxygen atoms in total. The summed E-state index contributed by atoms with van der Waals surface area (Å²) in [4.78, 5) is 34.6. The number of halogens is 1. The molecule has 2 rings (SSSR count). The van der Waals surface area contributed by atoms with Crippen LogP contribution in [0.3, 0.4) is 0 Å². The lowest BCUT2D eigenvalue weighted by Crippen LogP contribution is -2.76. The van der Waals surface area contributed by atoms with Crippen molar-refractivity contribution in [3.05, 3.63) is 17.5 Å². The van der Waals surface area contributed by atoms with E-state index in [0.29, 0.717) is 0 Å². The van der Waals surface area contributed by atoms with Gasteiger partial charge in [-0.1, -0.05) is 0 Å². The van der Waals surface area contributed by atoms with Gasteiger partial charge >= 0.3 is 12.2 Å². The lowest BCUT2D eigenvalue weighted by atomic mass is 8.43. The summed E-state index contributed by atoms with van der Waals surface area (Å²) < 4.78 is 10.7. The van der Waals surface area contributed by atoms with Gasteiger partial charge in [0.2, 0.25) is 5.95 Å². The highest BCUT2D eigenvalue weighted by atomic mass is 35.5. The number of hydrogen-bond acceptors (Lipinski definition) is 6. The van der Waals surface area contributed by atoms with Crippen molar-refractivity contribution in [3.63, 3.8) is 0 Å². The highest BCUT2D eigenvalue weighted by molar-refractivity contribution is 8.15. The molecule has 0 atom stereocenters. The van der Waals surface area contributed by atoms with Crippen molar-refractivity contribution >= 4 is 151 Å². The number of aromatic nitrogens is 2. The van der Waals surface area contributed by atoms with Crippen LogP contribution in [-0.4, -0.2) is 155 Å². The van der Waals surface area contributed by atoms with Gasteiger partial charge in [-0.2, -0.15) is 0 Å². The summed E-state index contributed by atoms with van der Waals surface area (Å²) in [6.45, 7) is 10.3. The lowest BCUT2D eigenvalue weighted by Gasteiger charge is -2.38. The molecule has 1 aliphatic rings. The molecule has 0 spiro atoms. The standard InChI is InChI=1S/C18H26ClN3O4.B17/c1-17(2,3)25-15(23)22(16(24)26-18(4,5)6)14-20-10-12(9-19)13(21-14)11-7-8-11;1-10-15(11(2)3)17(14(8)9)16(12(4)5)13(6)7/h10-11H,7-9H2,1-6H3;. The second-order valence-corrected chi connectivity index (χ2v) is 12.8. The van der Waals surface area contributed by atoms with Crippen LogP contribution in [0.2, 0.25) is 0 Å². The van der Waals surface area contributed by atoms with E-state index < -0.39 is 68.1 Å². The predicted octanol–water partition coefficient (Wildman–Crippen LogP) is -1.70. The average molecular weight is 568 g/mol. The Morgan fingerprint density at radius 2 is 1.33 bits per heavy atom. The van der Waals surface area contributed by atoms with Crippen LogP contribution in [0.15, 0.2) is 6.20 Å². The third kappa shape index (κ3) is 13.2. The van der Waals surface area contributed by atoms with Crippen molar-refractivity contribution in [2.75, 3.05) is 4.90 Å². The van der Waals surface area contributed by atoms with E-state index >= 15 is 0 Å². The summed E-state index contributed by atoms with van der Waals surface area (Å²) in [6, 6.07) is 0. The summed E-state index contributed by atoms with van der Waals surface area (Å²) in [6.07, 6.45) is -2.88. The summed E-state index contributed by atoms with van der Waals surface area (Å²) in [5, 5.41) is 0. The molecule has 25 heteroatoms. The Bertz CT molecular complexity index is 1020. The van der Waals surface area contributed by atoms with Crippen LogP contribution in [0, 0.1) is 0 Å². The molecule has 0 N–H and O–H groups in total. The molecule has 1 aromatic rings. The summed E-state index contributed by atoms with van der Waals surface area (Å²) >= 11 is 5.96. The van der Waals surface area contributed by atoms with Gasteiger partial charge in [-0.3, -0.25) is 0 Å². The number of carbonyl (C=O) groups excluding carboxylic acids is 2. The van der Waals surface area contributed by atoms with Crippen LogP contribution < -0.4 is 4.90 Å². The van der Waals surface area contributed by atoms with Crippen molar-refractivity contribution in [3.8, 4) is 0 Å². The first-order valence-corrected chi connectivity index (χ1v) is 14.5. The van der Waals surface area contributed by atoms with Gasteiger partial charge in [0, 0.05) is 139 Å². The minimum atomic E-state index is -0.882. The average Bonchev–Trinajstić information content (AvgIpc) is 3.66. The Kier molecular flexibility index (Phi) is 16.1. The zero-order chi connectivity index (χ0) is 33.4. The Hall–Kier alpha value is -0.786. The fraction of sp³-hybridized carbons (Fsp3) is 0.667. The van der Waals surface area contributed by atoms with Gasteiger partial charge in [0.15, 0.2) is 0 Å². The van der Waals surface area contributed by atoms with E-state index in [1.807, 2.05) is 0 Å². The van der Waals surface area contributed by atoms with Crippen LogP contribution in [0.5, 0.6) is 0 Å². The monoisotopic (exact) mass is 570 g/mol. The first kappa shape index (κ1) is 40.2. The molecule has 19 radical (unpaired) electrons. The van der Waals surface area contributed by atoms with Gasteiger partial charge in [0.25, 0.3) is 0 Å². The maximum Gasteiger partial charge on any atom is 0.427 e. The molecular formula is C18H26B17ClN3O4. The molecule has 1 fully saturated rings. The highest BCUT2D eigenvalue weighted by Gasteiger charge is 2.40. The summed E-state index contributed by atoms with van der Waals surface area (Å²) in [5.41, 5.74) is -0.00665. The van der Waals surface area contributed by atoms with Gasteiger partial charge in [-0.05, 0) is 54.4 Å². The zero-order valence-electron chi connectivity index (χ0n) is 25.9. The minimum absolute atomic E-state index is 0.0655. The summed E-state index contributed by atoms with van der Waals surface area (Å²) in [5.74, 6) is 0.485. The number of amides is 2. The molecule has 0 saturated heterocycles. The molecule has 1 saturated carbocycles. The van der Waals surface area contributed by atoms with E-state index in [9.17, 15) is 9.59 Å². The lowest BCUT2D eigenvalue weighted by molar-refractivity contribution is 0.0427. The topological polar surface area (TPSA) is 81.6 Å². The number of carbonyl (C=O) groups is 2. The SMILES string of the molecule is CC(C)(C)OC(=O)N(C(=O)OC(C)(C)C)c1ncc(CCl)c(C2CC2)n1.[B][B]B(B([B])[B])B(B([B])[B])B(B([B])[B])B([B])[B]. The molecule has 1 aliphatic carbocycles. The van der Waals surface area contributed by atoms with Gasteiger partial charge in [0.05, 0.1) is 11.6 Å². The van der Waals surface area contributed by atoms with Crippen molar-refractivity contribution in [1.82, 2.24) is 9.97 Å². The quantitative estimate of drug-likeness (QED) is 0.248. The fourth-order valence-corrected chi connectivity index (χ4v) is 4.44. The van der Waals surface area contributed by atoms with Crippen LogP contribution in [-0.2, 0) is 15.4 Å². The van der Waals surface area contributed by atoms with Crippen LogP contribution in [0.4, 0.5) is 15.5 Å². The highest BCUT2D eigenvalue weighted by Crippen LogP contribution is 2.41. The van der Waals surface area contributed by atoms with E-state index in [0.717, 1.165) is 29.0 Å². The van der Waals surface area contributed by atoms with E-state index in [2.05, 4.69) is 9.97 Å².